The normalized spacial score (nSPS) is 18.0. The lowest BCUT2D eigenvalue weighted by molar-refractivity contribution is 0.0424. The first kappa shape index (κ1) is 22.1. The van der Waals surface area contributed by atoms with Gasteiger partial charge >= 0.3 is 0 Å². The van der Waals surface area contributed by atoms with Gasteiger partial charge in [0.05, 0.1) is 12.7 Å². The third-order valence-corrected chi connectivity index (χ3v) is 6.80. The SMILES string of the molecule is CCNC(=NCCCOC1CCOC1)NCCNS(=O)(=O)c1ccc(C)s1. The van der Waals surface area contributed by atoms with E-state index in [0.29, 0.717) is 36.5 Å². The van der Waals surface area contributed by atoms with Gasteiger partial charge in [-0.2, -0.15) is 0 Å². The highest BCUT2D eigenvalue weighted by molar-refractivity contribution is 7.91. The molecule has 2 rings (SSSR count). The number of rotatable bonds is 11. The fourth-order valence-corrected chi connectivity index (χ4v) is 4.85. The minimum Gasteiger partial charge on any atom is -0.379 e. The molecule has 0 spiro atoms. The van der Waals surface area contributed by atoms with E-state index in [2.05, 4.69) is 20.3 Å². The Labute approximate surface area is 165 Å². The van der Waals surface area contributed by atoms with Crippen molar-refractivity contribution in [3.05, 3.63) is 17.0 Å². The monoisotopic (exact) mass is 418 g/mol. The zero-order valence-electron chi connectivity index (χ0n) is 16.0. The molecule has 3 N–H and O–H groups in total. The predicted octanol–water partition coefficient (Wildman–Crippen LogP) is 1.09. The number of hydrogen-bond donors (Lipinski definition) is 3. The Morgan fingerprint density at radius 1 is 1.37 bits per heavy atom. The third kappa shape index (κ3) is 8.14. The minimum atomic E-state index is -3.44. The molecule has 1 unspecified atom stereocenters. The van der Waals surface area contributed by atoms with E-state index in [-0.39, 0.29) is 12.6 Å². The molecular weight excluding hydrogens is 388 g/mol. The Morgan fingerprint density at radius 2 is 2.22 bits per heavy atom. The summed E-state index contributed by atoms with van der Waals surface area (Å²) in [7, 11) is -3.44. The van der Waals surface area contributed by atoms with Crippen LogP contribution in [0.15, 0.2) is 21.3 Å². The molecule has 27 heavy (non-hydrogen) atoms. The van der Waals surface area contributed by atoms with E-state index in [1.54, 1.807) is 12.1 Å². The summed E-state index contributed by atoms with van der Waals surface area (Å²) in [4.78, 5) is 5.45. The number of sulfonamides is 1. The van der Waals surface area contributed by atoms with Crippen molar-refractivity contribution in [3.63, 3.8) is 0 Å². The van der Waals surface area contributed by atoms with Crippen molar-refractivity contribution >= 4 is 27.3 Å². The Morgan fingerprint density at radius 3 is 2.89 bits per heavy atom. The number of nitrogens with one attached hydrogen (secondary N) is 3. The summed E-state index contributed by atoms with van der Waals surface area (Å²) in [6.45, 7) is 8.13. The van der Waals surface area contributed by atoms with Gasteiger partial charge in [0, 0.05) is 44.3 Å². The first-order valence-electron chi connectivity index (χ1n) is 9.29. The Bertz CT molecular complexity index is 685. The summed E-state index contributed by atoms with van der Waals surface area (Å²) in [6, 6.07) is 3.43. The summed E-state index contributed by atoms with van der Waals surface area (Å²) in [5.41, 5.74) is 0. The molecule has 1 atom stereocenters. The van der Waals surface area contributed by atoms with E-state index in [0.717, 1.165) is 30.9 Å². The second kappa shape index (κ2) is 11.6. The van der Waals surface area contributed by atoms with Crippen LogP contribution in [0.4, 0.5) is 0 Å². The zero-order chi connectivity index (χ0) is 19.5. The van der Waals surface area contributed by atoms with Gasteiger partial charge in [0.25, 0.3) is 0 Å². The van der Waals surface area contributed by atoms with Crippen molar-refractivity contribution in [2.75, 3.05) is 46.0 Å². The number of guanidine groups is 1. The molecule has 10 heteroatoms. The standard InChI is InChI=1S/C17H30N4O4S2/c1-3-18-17(19-8-4-11-25-15-7-12-24-13-15)20-9-10-21-27(22,23)16-6-5-14(2)26-16/h5-6,15,21H,3-4,7-13H2,1-2H3,(H2,18,19,20). The topological polar surface area (TPSA) is 101 Å². The molecule has 0 amide bonds. The highest BCUT2D eigenvalue weighted by atomic mass is 32.2. The average Bonchev–Trinajstić information content (AvgIpc) is 3.30. The van der Waals surface area contributed by atoms with Gasteiger partial charge in [-0.15, -0.1) is 11.3 Å². The average molecular weight is 419 g/mol. The highest BCUT2D eigenvalue weighted by Crippen LogP contribution is 2.19. The maximum atomic E-state index is 12.2. The van der Waals surface area contributed by atoms with Gasteiger partial charge in [0.1, 0.15) is 4.21 Å². The summed E-state index contributed by atoms with van der Waals surface area (Å²) in [5.74, 6) is 0.674. The molecule has 0 saturated carbocycles. The lowest BCUT2D eigenvalue weighted by atomic mass is 10.3. The minimum absolute atomic E-state index is 0.223. The van der Waals surface area contributed by atoms with Crippen LogP contribution in [0.2, 0.25) is 0 Å². The van der Waals surface area contributed by atoms with Crippen LogP contribution in [-0.4, -0.2) is 66.5 Å². The first-order valence-corrected chi connectivity index (χ1v) is 11.6. The predicted molar refractivity (Wildman–Crippen MR) is 108 cm³/mol. The number of aliphatic imine (C=N–C) groups is 1. The van der Waals surface area contributed by atoms with Crippen molar-refractivity contribution < 1.29 is 17.9 Å². The van der Waals surface area contributed by atoms with Crippen LogP contribution in [0.5, 0.6) is 0 Å². The van der Waals surface area contributed by atoms with Crippen LogP contribution in [-0.2, 0) is 19.5 Å². The van der Waals surface area contributed by atoms with E-state index in [4.69, 9.17) is 9.47 Å². The number of ether oxygens (including phenoxy) is 2. The Balaban J connectivity index is 1.65. The largest absolute Gasteiger partial charge is 0.379 e. The summed E-state index contributed by atoms with van der Waals surface area (Å²) >= 11 is 1.27. The smallest absolute Gasteiger partial charge is 0.250 e. The fourth-order valence-electron chi connectivity index (χ4n) is 2.49. The summed E-state index contributed by atoms with van der Waals surface area (Å²) in [6.07, 6.45) is 2.02. The molecule has 0 aromatic carbocycles. The highest BCUT2D eigenvalue weighted by Gasteiger charge is 2.16. The van der Waals surface area contributed by atoms with Crippen LogP contribution >= 0.6 is 11.3 Å². The van der Waals surface area contributed by atoms with E-state index in [1.807, 2.05) is 13.8 Å². The number of aryl methyl sites for hydroxylation is 1. The lowest BCUT2D eigenvalue weighted by Crippen LogP contribution is -2.41. The van der Waals surface area contributed by atoms with E-state index >= 15 is 0 Å². The van der Waals surface area contributed by atoms with Crippen LogP contribution in [0.25, 0.3) is 0 Å². The molecule has 1 saturated heterocycles. The van der Waals surface area contributed by atoms with E-state index in [9.17, 15) is 8.42 Å². The third-order valence-electron chi connectivity index (χ3n) is 3.85. The second-order valence-electron chi connectivity index (χ2n) is 6.16. The van der Waals surface area contributed by atoms with Crippen LogP contribution in [0, 0.1) is 6.92 Å². The molecule has 1 aromatic rings. The Kier molecular flexibility index (Phi) is 9.49. The van der Waals surface area contributed by atoms with E-state index < -0.39 is 10.0 Å². The molecular formula is C17H30N4O4S2. The van der Waals surface area contributed by atoms with Gasteiger partial charge in [-0.25, -0.2) is 13.1 Å². The van der Waals surface area contributed by atoms with Crippen molar-refractivity contribution in [1.82, 2.24) is 15.4 Å². The van der Waals surface area contributed by atoms with Crippen molar-refractivity contribution in [3.8, 4) is 0 Å². The van der Waals surface area contributed by atoms with Gasteiger partial charge in [0.15, 0.2) is 5.96 Å². The van der Waals surface area contributed by atoms with Gasteiger partial charge in [-0.3, -0.25) is 4.99 Å². The number of thiophene rings is 1. The molecule has 8 nitrogen and oxygen atoms in total. The first-order chi connectivity index (χ1) is 13.0. The molecule has 0 bridgehead atoms. The summed E-state index contributed by atoms with van der Waals surface area (Å²) < 4.78 is 38.3. The van der Waals surface area contributed by atoms with Crippen molar-refractivity contribution in [2.24, 2.45) is 4.99 Å². The molecule has 0 radical (unpaired) electrons. The van der Waals surface area contributed by atoms with Gasteiger partial charge in [-0.1, -0.05) is 0 Å². The molecule has 1 aliphatic heterocycles. The lowest BCUT2D eigenvalue weighted by Gasteiger charge is -2.12. The van der Waals surface area contributed by atoms with E-state index in [1.165, 1.54) is 11.3 Å². The maximum Gasteiger partial charge on any atom is 0.250 e. The van der Waals surface area contributed by atoms with Gasteiger partial charge < -0.3 is 20.1 Å². The quantitative estimate of drug-likeness (QED) is 0.282. The molecule has 0 aliphatic carbocycles. The van der Waals surface area contributed by atoms with Crippen molar-refractivity contribution in [2.45, 2.75) is 37.0 Å². The second-order valence-corrected chi connectivity index (χ2v) is 9.44. The number of nitrogens with zero attached hydrogens (tertiary/aromatic N) is 1. The molecule has 154 valence electrons. The van der Waals surface area contributed by atoms with Crippen LogP contribution < -0.4 is 15.4 Å². The molecule has 1 fully saturated rings. The van der Waals surface area contributed by atoms with Gasteiger partial charge in [-0.05, 0) is 38.8 Å². The van der Waals surface area contributed by atoms with Crippen LogP contribution in [0.1, 0.15) is 24.6 Å². The van der Waals surface area contributed by atoms with Crippen LogP contribution in [0.3, 0.4) is 0 Å². The fraction of sp³-hybridized carbons (Fsp3) is 0.706. The summed E-state index contributed by atoms with van der Waals surface area (Å²) in [5, 5.41) is 6.29. The molecule has 1 aromatic heterocycles. The van der Waals surface area contributed by atoms with Gasteiger partial charge in [0.2, 0.25) is 10.0 Å². The molecule has 2 heterocycles. The molecule has 1 aliphatic rings. The zero-order valence-corrected chi connectivity index (χ0v) is 17.6. The Hall–Kier alpha value is -1.20. The van der Waals surface area contributed by atoms with Crippen molar-refractivity contribution in [1.29, 1.82) is 0 Å². The number of hydrogen-bond acceptors (Lipinski definition) is 6. The maximum absolute atomic E-state index is 12.2.